The van der Waals surface area contributed by atoms with E-state index in [1.807, 2.05) is 41.3 Å². The molecule has 160 valence electrons. The molecule has 1 fully saturated rings. The Morgan fingerprint density at radius 1 is 1.03 bits per heavy atom. The Hall–Kier alpha value is -2.66. The SMILES string of the molecule is CS[C@]12c3cc(C)n(-c4ccccc4)c3CC(C)(C)CN1C(=O)[C@@H]2Oc1ccccc1. The van der Waals surface area contributed by atoms with Crippen molar-refractivity contribution >= 4 is 17.7 Å². The Morgan fingerprint density at radius 2 is 1.68 bits per heavy atom. The summed E-state index contributed by atoms with van der Waals surface area (Å²) in [7, 11) is 0. The molecule has 2 aromatic carbocycles. The zero-order valence-corrected chi connectivity index (χ0v) is 19.3. The minimum atomic E-state index is -0.538. The third-order valence-electron chi connectivity index (χ3n) is 6.47. The Balaban J connectivity index is 1.69. The summed E-state index contributed by atoms with van der Waals surface area (Å²) >= 11 is 1.71. The van der Waals surface area contributed by atoms with E-state index in [9.17, 15) is 4.79 Å². The Morgan fingerprint density at radius 3 is 2.32 bits per heavy atom. The molecule has 1 aromatic heterocycles. The van der Waals surface area contributed by atoms with Gasteiger partial charge in [-0.3, -0.25) is 4.79 Å². The van der Waals surface area contributed by atoms with Crippen LogP contribution >= 0.6 is 11.8 Å². The van der Waals surface area contributed by atoms with Crippen LogP contribution in [0.3, 0.4) is 0 Å². The van der Waals surface area contributed by atoms with Crippen molar-refractivity contribution in [1.82, 2.24) is 9.47 Å². The Bertz CT molecular complexity index is 1120. The van der Waals surface area contributed by atoms with Gasteiger partial charge in [-0.2, -0.15) is 0 Å². The van der Waals surface area contributed by atoms with Crippen molar-refractivity contribution in [2.75, 3.05) is 12.8 Å². The zero-order chi connectivity index (χ0) is 21.8. The van der Waals surface area contributed by atoms with E-state index in [1.54, 1.807) is 11.8 Å². The van der Waals surface area contributed by atoms with Gasteiger partial charge in [0.05, 0.1) is 0 Å². The number of amides is 1. The molecule has 5 rings (SSSR count). The lowest BCUT2D eigenvalue weighted by molar-refractivity contribution is -0.171. The first-order valence-electron chi connectivity index (χ1n) is 10.7. The number of nitrogens with zero attached hydrogens (tertiary/aromatic N) is 2. The third-order valence-corrected chi connectivity index (χ3v) is 7.75. The van der Waals surface area contributed by atoms with E-state index >= 15 is 0 Å². The van der Waals surface area contributed by atoms with E-state index in [0.29, 0.717) is 6.54 Å². The van der Waals surface area contributed by atoms with Crippen LogP contribution in [0.4, 0.5) is 0 Å². The number of β-lactam (4-membered cyclic amide) rings is 1. The lowest BCUT2D eigenvalue weighted by Crippen LogP contribution is -2.72. The molecular formula is C26H28N2O2S. The topological polar surface area (TPSA) is 34.5 Å². The van der Waals surface area contributed by atoms with Crippen LogP contribution in [0.15, 0.2) is 66.7 Å². The predicted molar refractivity (Wildman–Crippen MR) is 126 cm³/mol. The van der Waals surface area contributed by atoms with Gasteiger partial charge in [0.25, 0.3) is 5.91 Å². The van der Waals surface area contributed by atoms with Crippen molar-refractivity contribution in [3.05, 3.63) is 83.7 Å². The minimum Gasteiger partial charge on any atom is -0.477 e. The first-order valence-corrected chi connectivity index (χ1v) is 12.0. The smallest absolute Gasteiger partial charge is 0.269 e. The van der Waals surface area contributed by atoms with Gasteiger partial charge < -0.3 is 14.2 Å². The number of thioether (sulfide) groups is 1. The fourth-order valence-electron chi connectivity index (χ4n) is 5.17. The summed E-state index contributed by atoms with van der Waals surface area (Å²) < 4.78 is 8.70. The van der Waals surface area contributed by atoms with Crippen LogP contribution in [-0.2, 0) is 16.1 Å². The van der Waals surface area contributed by atoms with Crippen molar-refractivity contribution < 1.29 is 9.53 Å². The number of aryl methyl sites for hydroxylation is 1. The average Bonchev–Trinajstić information content (AvgIpc) is 3.04. The molecule has 0 unspecified atom stereocenters. The molecule has 1 saturated heterocycles. The number of hydrogen-bond acceptors (Lipinski definition) is 3. The fourth-order valence-corrected chi connectivity index (χ4v) is 6.31. The van der Waals surface area contributed by atoms with Gasteiger partial charge in [0.2, 0.25) is 6.10 Å². The van der Waals surface area contributed by atoms with Gasteiger partial charge in [-0.15, -0.1) is 11.8 Å². The number of carbonyl (C=O) groups excluding carboxylic acids is 1. The van der Waals surface area contributed by atoms with Gasteiger partial charge >= 0.3 is 0 Å². The molecular weight excluding hydrogens is 404 g/mol. The largest absolute Gasteiger partial charge is 0.477 e. The summed E-state index contributed by atoms with van der Waals surface area (Å²) in [6.45, 7) is 7.37. The molecule has 0 aliphatic carbocycles. The molecule has 31 heavy (non-hydrogen) atoms. The molecule has 3 aromatic rings. The monoisotopic (exact) mass is 432 g/mol. The van der Waals surface area contributed by atoms with Crippen molar-refractivity contribution in [1.29, 1.82) is 0 Å². The minimum absolute atomic E-state index is 0.0447. The van der Waals surface area contributed by atoms with Crippen LogP contribution in [0, 0.1) is 12.3 Å². The van der Waals surface area contributed by atoms with E-state index in [-0.39, 0.29) is 11.3 Å². The number of carbonyl (C=O) groups is 1. The molecule has 0 saturated carbocycles. The number of rotatable bonds is 4. The zero-order valence-electron chi connectivity index (χ0n) is 18.5. The second-order valence-corrected chi connectivity index (χ2v) is 10.3. The molecule has 0 bridgehead atoms. The number of para-hydroxylation sites is 2. The molecule has 0 N–H and O–H groups in total. The van der Waals surface area contributed by atoms with Crippen LogP contribution < -0.4 is 4.74 Å². The molecule has 2 aliphatic rings. The summed E-state index contributed by atoms with van der Waals surface area (Å²) in [6.07, 6.45) is 2.45. The molecule has 1 amide bonds. The van der Waals surface area contributed by atoms with Crippen LogP contribution in [-0.4, -0.2) is 34.3 Å². The Kier molecular flexibility index (Phi) is 4.70. The molecule has 0 radical (unpaired) electrons. The van der Waals surface area contributed by atoms with Gasteiger partial charge in [0.1, 0.15) is 5.75 Å². The lowest BCUT2D eigenvalue weighted by atomic mass is 9.87. The van der Waals surface area contributed by atoms with Crippen LogP contribution in [0.5, 0.6) is 5.75 Å². The van der Waals surface area contributed by atoms with E-state index in [0.717, 1.165) is 17.9 Å². The second-order valence-electron chi connectivity index (χ2n) is 9.29. The van der Waals surface area contributed by atoms with Crippen LogP contribution in [0.2, 0.25) is 0 Å². The summed E-state index contributed by atoms with van der Waals surface area (Å²) in [5.41, 5.74) is 4.77. The van der Waals surface area contributed by atoms with E-state index in [2.05, 4.69) is 61.9 Å². The summed E-state index contributed by atoms with van der Waals surface area (Å²) in [5, 5.41) is 0. The second kappa shape index (κ2) is 7.20. The van der Waals surface area contributed by atoms with Crippen molar-refractivity contribution in [2.24, 2.45) is 5.41 Å². The van der Waals surface area contributed by atoms with Crippen molar-refractivity contribution in [3.8, 4) is 11.4 Å². The van der Waals surface area contributed by atoms with Crippen molar-refractivity contribution in [3.63, 3.8) is 0 Å². The van der Waals surface area contributed by atoms with Gasteiger partial charge in [-0.25, -0.2) is 0 Å². The van der Waals surface area contributed by atoms with Gasteiger partial charge in [-0.05, 0) is 55.3 Å². The van der Waals surface area contributed by atoms with E-state index in [4.69, 9.17) is 4.74 Å². The summed E-state index contributed by atoms with van der Waals surface area (Å²) in [4.78, 5) is 14.9. The number of hydrogen-bond donors (Lipinski definition) is 0. The summed E-state index contributed by atoms with van der Waals surface area (Å²) in [5.74, 6) is 0.808. The fraction of sp³-hybridized carbons (Fsp3) is 0.346. The predicted octanol–water partition coefficient (Wildman–Crippen LogP) is 5.17. The molecule has 3 heterocycles. The first-order chi connectivity index (χ1) is 14.9. The quantitative estimate of drug-likeness (QED) is 0.533. The highest BCUT2D eigenvalue weighted by Gasteiger charge is 2.66. The summed E-state index contributed by atoms with van der Waals surface area (Å²) in [6, 6.07) is 22.5. The molecule has 2 aliphatic heterocycles. The standard InChI is InChI=1S/C26H28N2O2S/c1-18-15-21-22(28(18)19-11-7-5-8-12-19)16-25(2,3)17-27-24(29)23(26(21,27)31-4)30-20-13-9-6-10-14-20/h5-15,23H,16-17H2,1-4H3/t23-,26-/m0/s1. The Labute approximate surface area is 188 Å². The maximum Gasteiger partial charge on any atom is 0.269 e. The normalized spacial score (nSPS) is 24.1. The average molecular weight is 433 g/mol. The van der Waals surface area contributed by atoms with Gasteiger partial charge in [0, 0.05) is 29.2 Å². The maximum atomic E-state index is 13.4. The molecule has 4 nitrogen and oxygen atoms in total. The highest BCUT2D eigenvalue weighted by Crippen LogP contribution is 2.56. The molecule has 0 spiro atoms. The van der Waals surface area contributed by atoms with E-state index < -0.39 is 11.0 Å². The van der Waals surface area contributed by atoms with Gasteiger partial charge in [-0.1, -0.05) is 50.2 Å². The van der Waals surface area contributed by atoms with Crippen LogP contribution in [0.25, 0.3) is 5.69 Å². The maximum absolute atomic E-state index is 13.4. The number of fused-ring (bicyclic) bond motifs is 3. The highest BCUT2D eigenvalue weighted by molar-refractivity contribution is 7.99. The molecule has 5 heteroatoms. The van der Waals surface area contributed by atoms with Crippen LogP contribution in [0.1, 0.15) is 30.8 Å². The number of benzene rings is 2. The number of aromatic nitrogens is 1. The van der Waals surface area contributed by atoms with E-state index in [1.165, 1.54) is 17.0 Å². The first kappa shape index (κ1) is 20.3. The lowest BCUT2D eigenvalue weighted by Gasteiger charge is -2.56. The number of ether oxygens (including phenoxy) is 1. The molecule has 2 atom stereocenters. The van der Waals surface area contributed by atoms with Crippen molar-refractivity contribution in [2.45, 2.75) is 38.2 Å². The third kappa shape index (κ3) is 3.01. The van der Waals surface area contributed by atoms with Gasteiger partial charge in [0.15, 0.2) is 4.87 Å². The highest BCUT2D eigenvalue weighted by atomic mass is 32.2.